The summed E-state index contributed by atoms with van der Waals surface area (Å²) in [6, 6.07) is 15.2. The van der Waals surface area contributed by atoms with Crippen LogP contribution in [0.1, 0.15) is 21.5 Å². The van der Waals surface area contributed by atoms with Crippen LogP contribution in [0.25, 0.3) is 0 Å². The van der Waals surface area contributed by atoms with Gasteiger partial charge in [-0.1, -0.05) is 42.5 Å². The van der Waals surface area contributed by atoms with Gasteiger partial charge in [-0.05, 0) is 41.1 Å². The minimum atomic E-state index is 0.0820. The molecule has 0 unspecified atom stereocenters. The Morgan fingerprint density at radius 2 is 1.69 bits per heavy atom. The second kappa shape index (κ2) is 4.78. The molecule has 0 saturated carbocycles. The molecule has 0 bridgehead atoms. The van der Waals surface area contributed by atoms with Gasteiger partial charge in [-0.15, -0.1) is 0 Å². The maximum absolute atomic E-state index is 12.1. The summed E-state index contributed by atoms with van der Waals surface area (Å²) < 4.78 is 1.12. The zero-order valence-electron chi connectivity index (χ0n) is 8.91. The zero-order valence-corrected chi connectivity index (χ0v) is 11.1. The van der Waals surface area contributed by atoms with E-state index in [9.17, 15) is 4.79 Å². The first kappa shape index (κ1) is 11.3. The van der Waals surface area contributed by atoms with E-state index in [1.165, 1.54) is 5.56 Å². The number of rotatable bonds is 2. The van der Waals surface area contributed by atoms with Gasteiger partial charge in [0, 0.05) is 14.7 Å². The number of hydrogen-bond donors (Lipinski definition) is 0. The summed E-state index contributed by atoms with van der Waals surface area (Å²) in [5.41, 5.74) is 2.69. The Bertz CT molecular complexity index is 518. The quantitative estimate of drug-likeness (QED) is 0.607. The number of hydrogen-bond acceptors (Lipinski definition) is 1. The van der Waals surface area contributed by atoms with Gasteiger partial charge in [-0.3, -0.25) is 4.79 Å². The molecule has 1 nitrogen and oxygen atoms in total. The van der Waals surface area contributed by atoms with Gasteiger partial charge >= 0.3 is 0 Å². The number of benzene rings is 2. The van der Waals surface area contributed by atoms with Gasteiger partial charge in [0.25, 0.3) is 0 Å². The molecule has 0 heterocycles. The summed E-state index contributed by atoms with van der Waals surface area (Å²) in [6.07, 6.45) is 0. The lowest BCUT2D eigenvalue weighted by Gasteiger charge is -2.03. The van der Waals surface area contributed by atoms with Crippen LogP contribution in [0, 0.1) is 10.5 Å². The van der Waals surface area contributed by atoms with Crippen LogP contribution in [0.15, 0.2) is 48.5 Å². The van der Waals surface area contributed by atoms with Crippen LogP contribution < -0.4 is 0 Å². The van der Waals surface area contributed by atoms with Crippen LogP contribution in [0.5, 0.6) is 0 Å². The second-order valence-electron chi connectivity index (χ2n) is 3.66. The predicted molar refractivity (Wildman–Crippen MR) is 73.8 cm³/mol. The van der Waals surface area contributed by atoms with Crippen molar-refractivity contribution in [2.45, 2.75) is 6.92 Å². The molecule has 0 saturated heterocycles. The molecule has 0 N–H and O–H groups in total. The van der Waals surface area contributed by atoms with E-state index < -0.39 is 0 Å². The monoisotopic (exact) mass is 322 g/mol. The highest BCUT2D eigenvalue weighted by Gasteiger charge is 2.09. The Kier molecular flexibility index (Phi) is 3.39. The van der Waals surface area contributed by atoms with E-state index in [0.717, 1.165) is 14.7 Å². The van der Waals surface area contributed by atoms with Gasteiger partial charge in [0.15, 0.2) is 5.78 Å². The lowest BCUT2D eigenvalue weighted by molar-refractivity contribution is 0.103. The van der Waals surface area contributed by atoms with Crippen molar-refractivity contribution in [3.05, 3.63) is 68.8 Å². The maximum atomic E-state index is 12.1. The third kappa shape index (κ3) is 2.32. The summed E-state index contributed by atoms with van der Waals surface area (Å²) in [7, 11) is 0. The van der Waals surface area contributed by atoms with Crippen molar-refractivity contribution in [2.24, 2.45) is 0 Å². The Labute approximate surface area is 109 Å². The molecule has 0 aliphatic carbocycles. The van der Waals surface area contributed by atoms with Gasteiger partial charge in [-0.2, -0.15) is 0 Å². The van der Waals surface area contributed by atoms with Crippen LogP contribution in [-0.2, 0) is 0 Å². The van der Waals surface area contributed by atoms with E-state index in [1.807, 2.05) is 55.5 Å². The molecule has 0 aromatic heterocycles. The first-order valence-electron chi connectivity index (χ1n) is 5.04. The van der Waals surface area contributed by atoms with Crippen molar-refractivity contribution in [3.8, 4) is 0 Å². The van der Waals surface area contributed by atoms with Crippen molar-refractivity contribution in [1.82, 2.24) is 0 Å². The van der Waals surface area contributed by atoms with Crippen molar-refractivity contribution in [3.63, 3.8) is 0 Å². The molecule has 0 fully saturated rings. The molecular formula is C14H11IO. The molecule has 80 valence electrons. The minimum absolute atomic E-state index is 0.0820. The van der Waals surface area contributed by atoms with Crippen molar-refractivity contribution in [2.75, 3.05) is 0 Å². The molecule has 0 radical (unpaired) electrons. The third-order valence-electron chi connectivity index (χ3n) is 2.47. The molecule has 2 heteroatoms. The summed E-state index contributed by atoms with van der Waals surface area (Å²) in [5.74, 6) is 0.0820. The minimum Gasteiger partial charge on any atom is -0.289 e. The summed E-state index contributed by atoms with van der Waals surface area (Å²) in [4.78, 5) is 12.1. The van der Waals surface area contributed by atoms with Crippen LogP contribution in [0.4, 0.5) is 0 Å². The Balaban J connectivity index is 2.39. The van der Waals surface area contributed by atoms with Gasteiger partial charge < -0.3 is 0 Å². The highest BCUT2D eigenvalue weighted by molar-refractivity contribution is 14.1. The van der Waals surface area contributed by atoms with E-state index in [0.29, 0.717) is 0 Å². The Morgan fingerprint density at radius 3 is 2.31 bits per heavy atom. The zero-order chi connectivity index (χ0) is 11.5. The molecule has 2 aromatic carbocycles. The van der Waals surface area contributed by atoms with Crippen LogP contribution in [0.2, 0.25) is 0 Å². The fourth-order valence-electron chi connectivity index (χ4n) is 1.49. The highest BCUT2D eigenvalue weighted by Crippen LogP contribution is 2.16. The van der Waals surface area contributed by atoms with Crippen LogP contribution in [0.3, 0.4) is 0 Å². The fourth-order valence-corrected chi connectivity index (χ4v) is 2.01. The van der Waals surface area contributed by atoms with E-state index in [4.69, 9.17) is 0 Å². The first-order valence-corrected chi connectivity index (χ1v) is 6.12. The van der Waals surface area contributed by atoms with E-state index in [2.05, 4.69) is 22.6 Å². The Hall–Kier alpha value is -1.16. The average molecular weight is 322 g/mol. The molecule has 2 aromatic rings. The molecule has 0 aliphatic rings. The third-order valence-corrected chi connectivity index (χ3v) is 3.63. The second-order valence-corrected chi connectivity index (χ2v) is 4.82. The molecule has 16 heavy (non-hydrogen) atoms. The summed E-state index contributed by atoms with van der Waals surface area (Å²) in [5, 5.41) is 0. The highest BCUT2D eigenvalue weighted by atomic mass is 127. The van der Waals surface area contributed by atoms with Crippen LogP contribution in [-0.4, -0.2) is 5.78 Å². The van der Waals surface area contributed by atoms with E-state index in [1.54, 1.807) is 0 Å². The van der Waals surface area contributed by atoms with Gasteiger partial charge in [-0.25, -0.2) is 0 Å². The number of ketones is 1. The van der Waals surface area contributed by atoms with Gasteiger partial charge in [0.1, 0.15) is 0 Å². The smallest absolute Gasteiger partial charge is 0.193 e. The summed E-state index contributed by atoms with van der Waals surface area (Å²) in [6.45, 7) is 2.04. The molecule has 0 amide bonds. The maximum Gasteiger partial charge on any atom is 0.193 e. The topological polar surface area (TPSA) is 17.1 Å². The molecule has 0 aliphatic heterocycles. The number of aryl methyl sites for hydroxylation is 1. The van der Waals surface area contributed by atoms with Crippen molar-refractivity contribution < 1.29 is 4.79 Å². The van der Waals surface area contributed by atoms with Crippen molar-refractivity contribution >= 4 is 28.4 Å². The van der Waals surface area contributed by atoms with Crippen LogP contribution >= 0.6 is 22.6 Å². The van der Waals surface area contributed by atoms with Gasteiger partial charge in [0.05, 0.1) is 0 Å². The first-order chi connectivity index (χ1) is 7.68. The lowest BCUT2D eigenvalue weighted by Crippen LogP contribution is -2.01. The normalized spacial score (nSPS) is 10.1. The molecule has 0 atom stereocenters. The molecular weight excluding hydrogens is 311 g/mol. The number of carbonyl (C=O) groups is 1. The number of carbonyl (C=O) groups excluding carboxylic acids is 1. The standard InChI is InChI=1S/C14H11IO/c1-10-7-8-12(9-13(10)15)14(16)11-5-3-2-4-6-11/h2-9H,1H3. The summed E-state index contributed by atoms with van der Waals surface area (Å²) >= 11 is 2.25. The number of halogens is 1. The van der Waals surface area contributed by atoms with Crippen molar-refractivity contribution in [1.29, 1.82) is 0 Å². The largest absolute Gasteiger partial charge is 0.289 e. The molecule has 0 spiro atoms. The predicted octanol–water partition coefficient (Wildman–Crippen LogP) is 3.83. The van der Waals surface area contributed by atoms with E-state index in [-0.39, 0.29) is 5.78 Å². The average Bonchev–Trinajstić information content (AvgIpc) is 2.33. The molecule has 2 rings (SSSR count). The SMILES string of the molecule is Cc1ccc(C(=O)c2ccccc2)cc1I. The lowest BCUT2D eigenvalue weighted by atomic mass is 10.0. The Morgan fingerprint density at radius 1 is 1.00 bits per heavy atom. The van der Waals surface area contributed by atoms with Gasteiger partial charge in [0.2, 0.25) is 0 Å². The fraction of sp³-hybridized carbons (Fsp3) is 0.0714. The van der Waals surface area contributed by atoms with E-state index >= 15 is 0 Å².